The van der Waals surface area contributed by atoms with E-state index in [4.69, 9.17) is 0 Å². The lowest BCUT2D eigenvalue weighted by molar-refractivity contribution is -0.151. The van der Waals surface area contributed by atoms with Crippen molar-refractivity contribution in [2.24, 2.45) is 0 Å². The summed E-state index contributed by atoms with van der Waals surface area (Å²) in [4.78, 5) is 1.40. The maximum atomic E-state index is 12.6. The third kappa shape index (κ3) is 7.71. The van der Waals surface area contributed by atoms with Gasteiger partial charge in [0.25, 0.3) is 0 Å². The SMILES string of the molecule is CCCN(CC(F)(F)F)C(C)CC(C)(C#N)NC(C)C. The summed E-state index contributed by atoms with van der Waals surface area (Å²) >= 11 is 0. The summed E-state index contributed by atoms with van der Waals surface area (Å²) < 4.78 is 37.8. The summed E-state index contributed by atoms with van der Waals surface area (Å²) in [5.41, 5.74) is -0.814. The molecule has 2 atom stereocenters. The first-order valence-corrected chi connectivity index (χ1v) is 7.02. The Bertz CT molecular complexity index is 323. The van der Waals surface area contributed by atoms with Crippen LogP contribution in [0.5, 0.6) is 0 Å². The Morgan fingerprint density at radius 2 is 1.80 bits per heavy atom. The number of hydrogen-bond acceptors (Lipinski definition) is 3. The predicted molar refractivity (Wildman–Crippen MR) is 74.3 cm³/mol. The second-order valence-electron chi connectivity index (χ2n) is 5.88. The Morgan fingerprint density at radius 1 is 1.25 bits per heavy atom. The zero-order valence-electron chi connectivity index (χ0n) is 13.0. The lowest BCUT2D eigenvalue weighted by Crippen LogP contribution is -2.51. The molecule has 0 bridgehead atoms. The molecule has 0 aliphatic heterocycles. The van der Waals surface area contributed by atoms with Crippen LogP contribution in [0.3, 0.4) is 0 Å². The highest BCUT2D eigenvalue weighted by Crippen LogP contribution is 2.22. The van der Waals surface area contributed by atoms with Crippen LogP contribution >= 0.6 is 0 Å². The number of nitrogens with zero attached hydrogens (tertiary/aromatic N) is 2. The number of alkyl halides is 3. The summed E-state index contributed by atoms with van der Waals surface area (Å²) in [6, 6.07) is 1.97. The minimum absolute atomic E-state index is 0.106. The minimum Gasteiger partial charge on any atom is -0.297 e. The average molecular weight is 293 g/mol. The molecule has 0 aromatic heterocycles. The molecule has 0 aliphatic carbocycles. The van der Waals surface area contributed by atoms with Crippen LogP contribution < -0.4 is 5.32 Å². The predicted octanol–water partition coefficient (Wildman–Crippen LogP) is 3.32. The van der Waals surface area contributed by atoms with E-state index in [1.54, 1.807) is 13.8 Å². The number of halogens is 3. The zero-order chi connectivity index (χ0) is 16.0. The molecule has 0 radical (unpaired) electrons. The summed E-state index contributed by atoms with van der Waals surface area (Å²) in [7, 11) is 0. The van der Waals surface area contributed by atoms with Gasteiger partial charge in [0.2, 0.25) is 0 Å². The quantitative estimate of drug-likeness (QED) is 0.746. The Balaban J connectivity index is 4.81. The highest BCUT2D eigenvalue weighted by molar-refractivity contribution is 5.06. The lowest BCUT2D eigenvalue weighted by atomic mass is 9.93. The molecule has 1 N–H and O–H groups in total. The van der Waals surface area contributed by atoms with Crippen molar-refractivity contribution in [3.05, 3.63) is 0 Å². The molecule has 0 amide bonds. The van der Waals surface area contributed by atoms with Crippen LogP contribution in [0.2, 0.25) is 0 Å². The van der Waals surface area contributed by atoms with Crippen LogP contribution in [0.15, 0.2) is 0 Å². The van der Waals surface area contributed by atoms with E-state index in [1.165, 1.54) is 4.90 Å². The first-order chi connectivity index (χ1) is 9.03. The summed E-state index contributed by atoms with van der Waals surface area (Å²) in [5.74, 6) is 0. The Kier molecular flexibility index (Phi) is 7.53. The molecule has 2 unspecified atom stereocenters. The maximum Gasteiger partial charge on any atom is 0.401 e. The first-order valence-electron chi connectivity index (χ1n) is 7.02. The summed E-state index contributed by atoms with van der Waals surface area (Å²) in [5, 5.41) is 12.4. The molecule has 0 aromatic rings. The Morgan fingerprint density at radius 3 is 2.15 bits per heavy atom. The van der Waals surface area contributed by atoms with E-state index in [2.05, 4.69) is 11.4 Å². The van der Waals surface area contributed by atoms with Crippen LogP contribution in [0.4, 0.5) is 13.2 Å². The van der Waals surface area contributed by atoms with Gasteiger partial charge >= 0.3 is 6.18 Å². The molecule has 0 fully saturated rings. The maximum absolute atomic E-state index is 12.6. The Hall–Kier alpha value is -0.800. The number of nitrogens with one attached hydrogen (secondary N) is 1. The van der Waals surface area contributed by atoms with Crippen molar-refractivity contribution in [3.8, 4) is 6.07 Å². The highest BCUT2D eigenvalue weighted by Gasteiger charge is 2.35. The van der Waals surface area contributed by atoms with Gasteiger partial charge in [0.05, 0.1) is 12.6 Å². The fraction of sp³-hybridized carbons (Fsp3) is 0.929. The van der Waals surface area contributed by atoms with E-state index in [-0.39, 0.29) is 12.1 Å². The Labute approximate surface area is 120 Å². The average Bonchev–Trinajstić information content (AvgIpc) is 2.25. The number of nitriles is 1. The molecule has 3 nitrogen and oxygen atoms in total. The van der Waals surface area contributed by atoms with Gasteiger partial charge in [-0.1, -0.05) is 6.92 Å². The van der Waals surface area contributed by atoms with Crippen LogP contribution in [0, 0.1) is 11.3 Å². The number of rotatable bonds is 8. The fourth-order valence-electron chi connectivity index (χ4n) is 2.47. The fourth-order valence-corrected chi connectivity index (χ4v) is 2.47. The van der Waals surface area contributed by atoms with Crippen LogP contribution in [-0.4, -0.2) is 41.8 Å². The van der Waals surface area contributed by atoms with E-state index < -0.39 is 18.3 Å². The molecule has 118 valence electrons. The molecule has 0 saturated carbocycles. The van der Waals surface area contributed by atoms with Crippen molar-refractivity contribution < 1.29 is 13.2 Å². The second-order valence-corrected chi connectivity index (χ2v) is 5.88. The highest BCUT2D eigenvalue weighted by atomic mass is 19.4. The topological polar surface area (TPSA) is 39.1 Å². The molecule has 0 heterocycles. The van der Waals surface area contributed by atoms with E-state index in [1.807, 2.05) is 20.8 Å². The summed E-state index contributed by atoms with van der Waals surface area (Å²) in [6.45, 7) is 8.63. The van der Waals surface area contributed by atoms with Gasteiger partial charge in [-0.25, -0.2) is 0 Å². The van der Waals surface area contributed by atoms with E-state index >= 15 is 0 Å². The first kappa shape index (κ1) is 19.2. The third-order valence-electron chi connectivity index (χ3n) is 3.07. The second kappa shape index (κ2) is 7.84. The third-order valence-corrected chi connectivity index (χ3v) is 3.07. The van der Waals surface area contributed by atoms with Gasteiger partial charge in [-0.05, 0) is 47.1 Å². The molecule has 0 saturated heterocycles. The van der Waals surface area contributed by atoms with Crippen molar-refractivity contribution in [2.45, 2.75) is 71.3 Å². The van der Waals surface area contributed by atoms with Gasteiger partial charge in [-0.2, -0.15) is 18.4 Å². The van der Waals surface area contributed by atoms with Crippen molar-refractivity contribution in [2.75, 3.05) is 13.1 Å². The van der Waals surface area contributed by atoms with Gasteiger partial charge in [0.1, 0.15) is 5.54 Å². The molecule has 6 heteroatoms. The summed E-state index contributed by atoms with van der Waals surface area (Å²) in [6.07, 6.45) is -3.20. The lowest BCUT2D eigenvalue weighted by Gasteiger charge is -2.35. The van der Waals surface area contributed by atoms with Gasteiger partial charge in [0, 0.05) is 12.1 Å². The molecule has 20 heavy (non-hydrogen) atoms. The minimum atomic E-state index is -4.21. The van der Waals surface area contributed by atoms with Crippen molar-refractivity contribution >= 4 is 0 Å². The number of hydrogen-bond donors (Lipinski definition) is 1. The van der Waals surface area contributed by atoms with Gasteiger partial charge in [0.15, 0.2) is 0 Å². The molecule has 0 aromatic carbocycles. The van der Waals surface area contributed by atoms with Crippen molar-refractivity contribution in [3.63, 3.8) is 0 Å². The molecular formula is C14H26F3N3. The van der Waals surface area contributed by atoms with Gasteiger partial charge in [-0.3, -0.25) is 10.2 Å². The standard InChI is InChI=1S/C14H26F3N3/c1-6-7-20(10-14(15,16)17)12(4)8-13(5,9-18)19-11(2)3/h11-12,19H,6-8,10H2,1-5H3. The molecule has 0 rings (SSSR count). The van der Waals surface area contributed by atoms with E-state index in [0.717, 1.165) is 0 Å². The van der Waals surface area contributed by atoms with E-state index in [0.29, 0.717) is 19.4 Å². The smallest absolute Gasteiger partial charge is 0.297 e. The van der Waals surface area contributed by atoms with Gasteiger partial charge in [-0.15, -0.1) is 0 Å². The van der Waals surface area contributed by atoms with Gasteiger partial charge < -0.3 is 0 Å². The monoisotopic (exact) mass is 293 g/mol. The molecule has 0 aliphatic rings. The largest absolute Gasteiger partial charge is 0.401 e. The van der Waals surface area contributed by atoms with Crippen molar-refractivity contribution in [1.82, 2.24) is 10.2 Å². The molecular weight excluding hydrogens is 267 g/mol. The van der Waals surface area contributed by atoms with Crippen LogP contribution in [0.1, 0.15) is 47.5 Å². The zero-order valence-corrected chi connectivity index (χ0v) is 13.0. The van der Waals surface area contributed by atoms with Crippen LogP contribution in [-0.2, 0) is 0 Å². The normalized spacial score (nSPS) is 17.1. The van der Waals surface area contributed by atoms with E-state index in [9.17, 15) is 18.4 Å². The van der Waals surface area contributed by atoms with Crippen LogP contribution in [0.25, 0.3) is 0 Å². The molecule has 0 spiro atoms. The van der Waals surface area contributed by atoms with Crippen molar-refractivity contribution in [1.29, 1.82) is 5.26 Å².